The summed E-state index contributed by atoms with van der Waals surface area (Å²) in [6, 6.07) is 5.77. The first-order chi connectivity index (χ1) is 12.9. The molecule has 1 amide bonds. The molecule has 1 aromatic carbocycles. The Morgan fingerprint density at radius 1 is 1.37 bits per heavy atom. The van der Waals surface area contributed by atoms with Gasteiger partial charge in [-0.1, -0.05) is 6.92 Å². The van der Waals surface area contributed by atoms with Crippen LogP contribution in [0, 0.1) is 12.8 Å². The molecule has 2 heterocycles. The largest absolute Gasteiger partial charge is 0.484 e. The number of hydrogen-bond acceptors (Lipinski definition) is 7. The first-order valence-corrected chi connectivity index (χ1v) is 9.59. The van der Waals surface area contributed by atoms with Crippen molar-refractivity contribution in [1.82, 2.24) is 20.2 Å². The summed E-state index contributed by atoms with van der Waals surface area (Å²) in [6.07, 6.45) is 1.36. The molecule has 0 saturated carbocycles. The van der Waals surface area contributed by atoms with Gasteiger partial charge in [0, 0.05) is 19.2 Å². The molecule has 0 bridgehead atoms. The van der Waals surface area contributed by atoms with E-state index < -0.39 is 0 Å². The van der Waals surface area contributed by atoms with Crippen LogP contribution in [0.4, 0.5) is 0 Å². The zero-order valence-corrected chi connectivity index (χ0v) is 16.8. The zero-order valence-electron chi connectivity index (χ0n) is 16.0. The maximum atomic E-state index is 12.2. The molecule has 0 fully saturated rings. The van der Waals surface area contributed by atoms with Crippen molar-refractivity contribution in [3.63, 3.8) is 0 Å². The van der Waals surface area contributed by atoms with E-state index in [0.717, 1.165) is 21.8 Å². The predicted molar refractivity (Wildman–Crippen MR) is 105 cm³/mol. The minimum atomic E-state index is -0.241. The van der Waals surface area contributed by atoms with E-state index in [1.54, 1.807) is 11.3 Å². The van der Waals surface area contributed by atoms with Gasteiger partial charge in [0.2, 0.25) is 5.89 Å². The van der Waals surface area contributed by atoms with E-state index in [4.69, 9.17) is 9.15 Å². The van der Waals surface area contributed by atoms with Crippen LogP contribution in [-0.2, 0) is 6.61 Å². The second kappa shape index (κ2) is 8.49. The highest BCUT2D eigenvalue weighted by Crippen LogP contribution is 2.25. The molecule has 7 nitrogen and oxygen atoms in total. The number of rotatable bonds is 8. The second-order valence-electron chi connectivity index (χ2n) is 6.86. The lowest BCUT2D eigenvalue weighted by atomic mass is 10.1. The smallest absolute Gasteiger partial charge is 0.273 e. The molecule has 0 saturated heterocycles. The van der Waals surface area contributed by atoms with Gasteiger partial charge in [0.1, 0.15) is 12.0 Å². The molecule has 0 aliphatic rings. The SMILES string of the molecule is Cc1nc2cc(OCc3nc(C(=O)NCC(C)CN(C)C)co3)ccc2s1. The van der Waals surface area contributed by atoms with E-state index in [-0.39, 0.29) is 18.2 Å². The molecule has 1 N–H and O–H groups in total. The van der Waals surface area contributed by atoms with Crippen molar-refractivity contribution in [2.24, 2.45) is 5.92 Å². The molecule has 0 spiro atoms. The number of hydrogen-bond donors (Lipinski definition) is 1. The van der Waals surface area contributed by atoms with E-state index >= 15 is 0 Å². The van der Waals surface area contributed by atoms with E-state index in [1.165, 1.54) is 6.26 Å². The van der Waals surface area contributed by atoms with Crippen LogP contribution in [0.15, 0.2) is 28.9 Å². The molecule has 0 aliphatic heterocycles. The lowest BCUT2D eigenvalue weighted by Crippen LogP contribution is -2.33. The summed E-state index contributed by atoms with van der Waals surface area (Å²) in [7, 11) is 4.02. The van der Waals surface area contributed by atoms with Crippen LogP contribution in [0.1, 0.15) is 28.3 Å². The summed E-state index contributed by atoms with van der Waals surface area (Å²) in [5.41, 5.74) is 1.17. The van der Waals surface area contributed by atoms with Crippen LogP contribution in [0.2, 0.25) is 0 Å². The van der Waals surface area contributed by atoms with Crippen LogP contribution < -0.4 is 10.1 Å². The van der Waals surface area contributed by atoms with Gasteiger partial charge in [-0.3, -0.25) is 4.79 Å². The van der Waals surface area contributed by atoms with Crippen molar-refractivity contribution in [3.8, 4) is 5.75 Å². The molecule has 27 heavy (non-hydrogen) atoms. The van der Waals surface area contributed by atoms with E-state index in [9.17, 15) is 4.79 Å². The number of carbonyl (C=O) groups excluding carboxylic acids is 1. The summed E-state index contributed by atoms with van der Waals surface area (Å²) >= 11 is 1.65. The fourth-order valence-electron chi connectivity index (χ4n) is 2.78. The van der Waals surface area contributed by atoms with Crippen molar-refractivity contribution in [2.75, 3.05) is 27.2 Å². The number of oxazole rings is 1. The number of aromatic nitrogens is 2. The number of thiazole rings is 1. The number of amides is 1. The normalized spacial score (nSPS) is 12.5. The Labute approximate surface area is 162 Å². The standard InChI is InChI=1S/C19H24N4O3S/c1-12(9-23(3)4)8-20-19(24)16-10-26-18(22-16)11-25-14-5-6-17-15(7-14)21-13(2)27-17/h5-7,10,12H,8-9,11H2,1-4H3,(H,20,24). The maximum Gasteiger partial charge on any atom is 0.273 e. The Balaban J connectivity index is 1.53. The summed E-state index contributed by atoms with van der Waals surface area (Å²) in [6.45, 7) is 5.71. The number of benzene rings is 1. The van der Waals surface area contributed by atoms with Crippen LogP contribution in [-0.4, -0.2) is 48.0 Å². The van der Waals surface area contributed by atoms with E-state index in [2.05, 4.69) is 27.1 Å². The Hall–Kier alpha value is -2.45. The quantitative estimate of drug-likeness (QED) is 0.639. The minimum absolute atomic E-state index is 0.152. The topological polar surface area (TPSA) is 80.5 Å². The molecule has 3 aromatic rings. The van der Waals surface area contributed by atoms with Gasteiger partial charge in [0.05, 0.1) is 15.2 Å². The summed E-state index contributed by atoms with van der Waals surface area (Å²) in [5.74, 6) is 1.16. The lowest BCUT2D eigenvalue weighted by Gasteiger charge is -2.16. The van der Waals surface area contributed by atoms with Crippen molar-refractivity contribution in [1.29, 1.82) is 0 Å². The molecule has 8 heteroatoms. The van der Waals surface area contributed by atoms with Crippen LogP contribution in [0.5, 0.6) is 5.75 Å². The van der Waals surface area contributed by atoms with Gasteiger partial charge in [0.15, 0.2) is 12.3 Å². The Morgan fingerprint density at radius 2 is 2.19 bits per heavy atom. The molecule has 144 valence electrons. The van der Waals surface area contributed by atoms with Gasteiger partial charge in [-0.2, -0.15) is 0 Å². The number of ether oxygens (including phenoxy) is 1. The first kappa shape index (κ1) is 19.3. The summed E-state index contributed by atoms with van der Waals surface area (Å²) in [5, 5.41) is 3.90. The minimum Gasteiger partial charge on any atom is -0.484 e. The molecule has 1 unspecified atom stereocenters. The highest BCUT2D eigenvalue weighted by atomic mass is 32.1. The van der Waals surface area contributed by atoms with E-state index in [1.807, 2.05) is 39.2 Å². The van der Waals surface area contributed by atoms with Crippen molar-refractivity contribution in [3.05, 3.63) is 41.1 Å². The average molecular weight is 388 g/mol. The highest BCUT2D eigenvalue weighted by Gasteiger charge is 2.14. The molecular weight excluding hydrogens is 364 g/mol. The predicted octanol–water partition coefficient (Wildman–Crippen LogP) is 3.10. The second-order valence-corrected chi connectivity index (χ2v) is 8.09. The summed E-state index contributed by atoms with van der Waals surface area (Å²) in [4.78, 5) is 22.9. The Kier molecular flexibility index (Phi) is 6.08. The third kappa shape index (κ3) is 5.27. The van der Waals surface area contributed by atoms with Crippen molar-refractivity contribution < 1.29 is 13.9 Å². The fourth-order valence-corrected chi connectivity index (χ4v) is 3.59. The number of carbonyl (C=O) groups is 1. The van der Waals surface area contributed by atoms with E-state index in [0.29, 0.717) is 24.1 Å². The third-order valence-corrected chi connectivity index (χ3v) is 4.85. The van der Waals surface area contributed by atoms with Gasteiger partial charge in [-0.15, -0.1) is 11.3 Å². The van der Waals surface area contributed by atoms with Crippen LogP contribution in [0.3, 0.4) is 0 Å². The average Bonchev–Trinajstić information content (AvgIpc) is 3.22. The number of fused-ring (bicyclic) bond motifs is 1. The van der Waals surface area contributed by atoms with Crippen molar-refractivity contribution >= 4 is 27.5 Å². The number of nitrogens with one attached hydrogen (secondary N) is 1. The van der Waals surface area contributed by atoms with Gasteiger partial charge in [-0.25, -0.2) is 9.97 Å². The Morgan fingerprint density at radius 3 is 2.96 bits per heavy atom. The number of aryl methyl sites for hydroxylation is 1. The van der Waals surface area contributed by atoms with Gasteiger partial charge in [0.25, 0.3) is 5.91 Å². The molecular formula is C19H24N4O3S. The Bertz CT molecular complexity index is 919. The van der Waals surface area contributed by atoms with Gasteiger partial charge in [-0.05, 0) is 39.1 Å². The zero-order chi connectivity index (χ0) is 19.4. The summed E-state index contributed by atoms with van der Waals surface area (Å²) < 4.78 is 12.2. The fraction of sp³-hybridized carbons (Fsp3) is 0.421. The maximum absolute atomic E-state index is 12.2. The monoisotopic (exact) mass is 388 g/mol. The molecule has 0 aliphatic carbocycles. The highest BCUT2D eigenvalue weighted by molar-refractivity contribution is 7.18. The molecule has 1 atom stereocenters. The molecule has 0 radical (unpaired) electrons. The third-order valence-electron chi connectivity index (χ3n) is 3.90. The van der Waals surface area contributed by atoms with Crippen molar-refractivity contribution in [2.45, 2.75) is 20.5 Å². The molecule has 3 rings (SSSR count). The lowest BCUT2D eigenvalue weighted by molar-refractivity contribution is 0.0940. The molecule has 2 aromatic heterocycles. The van der Waals surface area contributed by atoms with Gasteiger partial charge >= 0.3 is 0 Å². The first-order valence-electron chi connectivity index (χ1n) is 8.78. The van der Waals surface area contributed by atoms with Crippen LogP contribution in [0.25, 0.3) is 10.2 Å². The number of nitrogens with zero attached hydrogens (tertiary/aromatic N) is 3. The van der Waals surface area contributed by atoms with Crippen LogP contribution >= 0.6 is 11.3 Å². The van der Waals surface area contributed by atoms with Gasteiger partial charge < -0.3 is 19.4 Å².